The fraction of sp³-hybridized carbons (Fsp3) is 0.625. The van der Waals surface area contributed by atoms with E-state index in [4.69, 9.17) is 9.47 Å². The molecule has 0 spiro atoms. The first kappa shape index (κ1) is 17.0. The Morgan fingerprint density at radius 3 is 2.25 bits per heavy atom. The van der Waals surface area contributed by atoms with E-state index < -0.39 is 0 Å². The number of anilines is 1. The zero-order valence-electron chi connectivity index (χ0n) is 13.2. The van der Waals surface area contributed by atoms with Crippen LogP contribution < -0.4 is 10.2 Å². The van der Waals surface area contributed by atoms with Gasteiger partial charge in [0.05, 0.1) is 13.2 Å². The molecule has 0 radical (unpaired) electrons. The Hall–Kier alpha value is -1.10. The van der Waals surface area contributed by atoms with Crippen LogP contribution in [-0.4, -0.2) is 46.6 Å². The van der Waals surface area contributed by atoms with Gasteiger partial charge in [0.2, 0.25) is 0 Å². The van der Waals surface area contributed by atoms with Crippen LogP contribution >= 0.6 is 0 Å². The van der Waals surface area contributed by atoms with E-state index >= 15 is 0 Å². The van der Waals surface area contributed by atoms with Crippen molar-refractivity contribution >= 4 is 5.69 Å². The van der Waals surface area contributed by atoms with E-state index in [0.717, 1.165) is 32.8 Å². The number of hydrogen-bond acceptors (Lipinski definition) is 4. The smallest absolute Gasteiger partial charge is 0.0637 e. The van der Waals surface area contributed by atoms with E-state index in [2.05, 4.69) is 48.3 Å². The maximum atomic E-state index is 5.18. The summed E-state index contributed by atoms with van der Waals surface area (Å²) in [5, 5.41) is 3.35. The van der Waals surface area contributed by atoms with Crippen LogP contribution in [-0.2, 0) is 16.0 Å². The molecule has 4 heteroatoms. The molecule has 0 amide bonds. The van der Waals surface area contributed by atoms with Crippen molar-refractivity contribution in [2.24, 2.45) is 0 Å². The minimum Gasteiger partial charge on any atom is -0.383 e. The highest BCUT2D eigenvalue weighted by atomic mass is 16.5. The molecule has 0 saturated heterocycles. The van der Waals surface area contributed by atoms with Crippen LogP contribution in [0.2, 0.25) is 0 Å². The first-order valence-corrected chi connectivity index (χ1v) is 7.23. The van der Waals surface area contributed by atoms with Gasteiger partial charge >= 0.3 is 0 Å². The molecule has 1 N–H and O–H groups in total. The van der Waals surface area contributed by atoms with Gasteiger partial charge in [0.25, 0.3) is 0 Å². The summed E-state index contributed by atoms with van der Waals surface area (Å²) >= 11 is 0. The molecule has 4 nitrogen and oxygen atoms in total. The number of ether oxygens (including phenoxy) is 2. The first-order chi connectivity index (χ1) is 9.69. The van der Waals surface area contributed by atoms with Gasteiger partial charge in [-0.3, -0.25) is 0 Å². The molecule has 114 valence electrons. The second kappa shape index (κ2) is 9.75. The molecule has 0 atom stereocenters. The van der Waals surface area contributed by atoms with Crippen LogP contribution in [0.25, 0.3) is 0 Å². The second-order valence-corrected chi connectivity index (χ2v) is 5.12. The minimum absolute atomic E-state index is 0.468. The van der Waals surface area contributed by atoms with Crippen molar-refractivity contribution in [2.75, 3.05) is 45.4 Å². The number of rotatable bonds is 10. The Morgan fingerprint density at radius 2 is 1.70 bits per heavy atom. The molecule has 0 saturated carbocycles. The van der Waals surface area contributed by atoms with Gasteiger partial charge in [-0.2, -0.15) is 0 Å². The van der Waals surface area contributed by atoms with E-state index in [0.29, 0.717) is 6.04 Å². The van der Waals surface area contributed by atoms with E-state index in [9.17, 15) is 0 Å². The standard InChI is InChI=1S/C16H28N2O2/c1-14(2)18(10-12-20-4)16-7-5-15(6-8-16)13-17-9-11-19-3/h5-8,14,17H,9-13H2,1-4H3. The Kier molecular flexibility index (Phi) is 8.26. The topological polar surface area (TPSA) is 33.7 Å². The lowest BCUT2D eigenvalue weighted by atomic mass is 10.1. The lowest BCUT2D eigenvalue weighted by molar-refractivity contribution is 0.199. The lowest BCUT2D eigenvalue weighted by Crippen LogP contribution is -2.33. The van der Waals surface area contributed by atoms with Gasteiger partial charge in [-0.15, -0.1) is 0 Å². The number of methoxy groups -OCH3 is 2. The van der Waals surface area contributed by atoms with Gasteiger partial charge in [0.15, 0.2) is 0 Å². The molecular formula is C16H28N2O2. The van der Waals surface area contributed by atoms with Crippen LogP contribution in [0.15, 0.2) is 24.3 Å². The van der Waals surface area contributed by atoms with Crippen LogP contribution in [0.1, 0.15) is 19.4 Å². The molecule has 0 heterocycles. The van der Waals surface area contributed by atoms with Gasteiger partial charge in [0.1, 0.15) is 0 Å². The monoisotopic (exact) mass is 280 g/mol. The van der Waals surface area contributed by atoms with E-state index in [1.165, 1.54) is 11.3 Å². The summed E-state index contributed by atoms with van der Waals surface area (Å²) in [7, 11) is 3.46. The zero-order valence-corrected chi connectivity index (χ0v) is 13.2. The van der Waals surface area contributed by atoms with Crippen LogP contribution in [0.3, 0.4) is 0 Å². The quantitative estimate of drug-likeness (QED) is 0.667. The molecule has 1 aromatic carbocycles. The molecule has 0 bridgehead atoms. The summed E-state index contributed by atoms with van der Waals surface area (Å²) in [6.45, 7) is 8.58. The number of hydrogen-bond donors (Lipinski definition) is 1. The number of nitrogens with zero attached hydrogens (tertiary/aromatic N) is 1. The number of benzene rings is 1. The Bertz CT molecular complexity index is 352. The van der Waals surface area contributed by atoms with E-state index in [1.807, 2.05) is 0 Å². The SMILES string of the molecule is COCCNCc1ccc(N(CCOC)C(C)C)cc1. The van der Waals surface area contributed by atoms with Crippen molar-refractivity contribution in [1.82, 2.24) is 5.32 Å². The maximum absolute atomic E-state index is 5.18. The first-order valence-electron chi connectivity index (χ1n) is 7.23. The molecule has 0 aliphatic carbocycles. The van der Waals surface area contributed by atoms with Gasteiger partial charge in [-0.1, -0.05) is 12.1 Å². The average molecular weight is 280 g/mol. The van der Waals surface area contributed by atoms with Crippen molar-refractivity contribution in [2.45, 2.75) is 26.4 Å². The molecule has 0 fully saturated rings. The highest BCUT2D eigenvalue weighted by molar-refractivity contribution is 5.48. The maximum Gasteiger partial charge on any atom is 0.0637 e. The van der Waals surface area contributed by atoms with E-state index in [1.54, 1.807) is 14.2 Å². The summed E-state index contributed by atoms with van der Waals surface area (Å²) in [4.78, 5) is 2.35. The minimum atomic E-state index is 0.468. The molecule has 20 heavy (non-hydrogen) atoms. The molecule has 0 aliphatic heterocycles. The van der Waals surface area contributed by atoms with Crippen LogP contribution in [0.4, 0.5) is 5.69 Å². The average Bonchev–Trinajstić information content (AvgIpc) is 2.45. The van der Waals surface area contributed by atoms with Crippen molar-refractivity contribution in [1.29, 1.82) is 0 Å². The summed E-state index contributed by atoms with van der Waals surface area (Å²) in [5.74, 6) is 0. The van der Waals surface area contributed by atoms with Gasteiger partial charge in [0, 0.05) is 45.6 Å². The molecule has 0 aliphatic rings. The molecule has 0 aromatic heterocycles. The third-order valence-electron chi connectivity index (χ3n) is 3.24. The third-order valence-corrected chi connectivity index (χ3v) is 3.24. The highest BCUT2D eigenvalue weighted by Crippen LogP contribution is 2.17. The Balaban J connectivity index is 2.54. The predicted octanol–water partition coefficient (Wildman–Crippen LogP) is 2.28. The Morgan fingerprint density at radius 1 is 1.05 bits per heavy atom. The van der Waals surface area contributed by atoms with Crippen molar-refractivity contribution < 1.29 is 9.47 Å². The fourth-order valence-electron chi connectivity index (χ4n) is 2.09. The zero-order chi connectivity index (χ0) is 14.8. The largest absolute Gasteiger partial charge is 0.383 e. The van der Waals surface area contributed by atoms with E-state index in [-0.39, 0.29) is 0 Å². The third kappa shape index (κ3) is 5.90. The van der Waals surface area contributed by atoms with Crippen molar-refractivity contribution in [3.63, 3.8) is 0 Å². The normalized spacial score (nSPS) is 11.1. The summed E-state index contributed by atoms with van der Waals surface area (Å²) in [6, 6.07) is 9.19. The Labute approximate surface area is 123 Å². The van der Waals surface area contributed by atoms with Gasteiger partial charge in [-0.05, 0) is 31.5 Å². The predicted molar refractivity (Wildman–Crippen MR) is 84.4 cm³/mol. The molecular weight excluding hydrogens is 252 g/mol. The molecule has 1 rings (SSSR count). The van der Waals surface area contributed by atoms with Gasteiger partial charge in [-0.25, -0.2) is 0 Å². The summed E-state index contributed by atoms with van der Waals surface area (Å²) in [5.41, 5.74) is 2.54. The highest BCUT2D eigenvalue weighted by Gasteiger charge is 2.09. The second-order valence-electron chi connectivity index (χ2n) is 5.12. The number of nitrogens with one attached hydrogen (secondary N) is 1. The van der Waals surface area contributed by atoms with Crippen molar-refractivity contribution in [3.8, 4) is 0 Å². The molecule has 0 unspecified atom stereocenters. The van der Waals surface area contributed by atoms with Crippen LogP contribution in [0, 0.1) is 0 Å². The lowest BCUT2D eigenvalue weighted by Gasteiger charge is -2.29. The summed E-state index contributed by atoms with van der Waals surface area (Å²) < 4.78 is 10.2. The van der Waals surface area contributed by atoms with Crippen molar-refractivity contribution in [3.05, 3.63) is 29.8 Å². The van der Waals surface area contributed by atoms with Crippen LogP contribution in [0.5, 0.6) is 0 Å². The molecule has 1 aromatic rings. The summed E-state index contributed by atoms with van der Waals surface area (Å²) in [6.07, 6.45) is 0. The van der Waals surface area contributed by atoms with Gasteiger partial charge < -0.3 is 19.7 Å². The fourth-order valence-corrected chi connectivity index (χ4v) is 2.09.